The van der Waals surface area contributed by atoms with Gasteiger partial charge in [0.15, 0.2) is 5.31 Å². The van der Waals surface area contributed by atoms with E-state index in [0.29, 0.717) is 5.82 Å². The van der Waals surface area contributed by atoms with Gasteiger partial charge in [-0.3, -0.25) is 4.57 Å². The van der Waals surface area contributed by atoms with Crippen LogP contribution in [0.2, 0.25) is 0 Å². The van der Waals surface area contributed by atoms with Crippen LogP contribution in [-0.4, -0.2) is 30.8 Å². The molecule has 0 bridgehead atoms. The van der Waals surface area contributed by atoms with Gasteiger partial charge in [0.1, 0.15) is 5.82 Å². The quantitative estimate of drug-likeness (QED) is 0.423. The summed E-state index contributed by atoms with van der Waals surface area (Å²) in [6, 6.07) is 5.23. The fourth-order valence-corrected chi connectivity index (χ4v) is 3.10. The number of nitrogens with zero attached hydrogens (tertiary/aromatic N) is 1. The number of pyridine rings is 1. The molecule has 1 N–H and O–H groups in total. The Labute approximate surface area is 130 Å². The second kappa shape index (κ2) is 9.35. The van der Waals surface area contributed by atoms with Gasteiger partial charge in [0.05, 0.1) is 19.8 Å². The lowest BCUT2D eigenvalue weighted by Crippen LogP contribution is -2.13. The third-order valence-corrected chi connectivity index (χ3v) is 4.50. The van der Waals surface area contributed by atoms with Crippen LogP contribution in [0.3, 0.4) is 0 Å². The summed E-state index contributed by atoms with van der Waals surface area (Å²) in [5.74, 6) is -0.264. The molecular formula is C14H21N2O5P. The number of aromatic nitrogens is 1. The van der Waals surface area contributed by atoms with Crippen molar-refractivity contribution in [1.29, 1.82) is 0 Å². The summed E-state index contributed by atoms with van der Waals surface area (Å²) in [5, 5.41) is 2.61. The van der Waals surface area contributed by atoms with E-state index in [4.69, 9.17) is 13.8 Å². The van der Waals surface area contributed by atoms with Crippen molar-refractivity contribution in [1.82, 2.24) is 4.98 Å². The van der Waals surface area contributed by atoms with Crippen LogP contribution < -0.4 is 5.32 Å². The molecule has 0 aliphatic carbocycles. The Morgan fingerprint density at radius 2 is 1.91 bits per heavy atom. The van der Waals surface area contributed by atoms with Gasteiger partial charge in [0, 0.05) is 12.4 Å². The highest BCUT2D eigenvalue weighted by molar-refractivity contribution is 7.59. The Hall–Kier alpha value is -1.69. The second-order valence-corrected chi connectivity index (χ2v) is 5.94. The van der Waals surface area contributed by atoms with Gasteiger partial charge in [-0.15, -0.1) is 0 Å². The molecule has 8 heteroatoms. The van der Waals surface area contributed by atoms with Crippen molar-refractivity contribution in [3.05, 3.63) is 35.9 Å². The van der Waals surface area contributed by atoms with Crippen LogP contribution in [0.25, 0.3) is 0 Å². The smallest absolute Gasteiger partial charge is 0.370 e. The molecule has 1 aromatic rings. The van der Waals surface area contributed by atoms with Crippen LogP contribution in [0.15, 0.2) is 35.9 Å². The normalized spacial score (nSPS) is 12.0. The molecule has 0 aliphatic heterocycles. The number of nitrogens with one attached hydrogen (secondary N) is 1. The lowest BCUT2D eigenvalue weighted by Gasteiger charge is -2.19. The first-order valence-corrected chi connectivity index (χ1v) is 8.56. The minimum atomic E-state index is -3.76. The monoisotopic (exact) mass is 328 g/mol. The maximum Gasteiger partial charge on any atom is 0.370 e. The molecule has 0 fully saturated rings. The Morgan fingerprint density at radius 1 is 1.23 bits per heavy atom. The summed E-state index contributed by atoms with van der Waals surface area (Å²) < 4.78 is 28.1. The topological polar surface area (TPSA) is 86.8 Å². The van der Waals surface area contributed by atoms with Crippen LogP contribution in [0, 0.1) is 0 Å². The SMILES string of the molecule is CCOC(=O)/C(=C\Nc1ccccn1)P(=O)(OCC)OCC. The fraction of sp³-hybridized carbons (Fsp3) is 0.429. The molecule has 0 saturated carbocycles. The predicted molar refractivity (Wildman–Crippen MR) is 83.4 cm³/mol. The number of ether oxygens (including phenoxy) is 1. The van der Waals surface area contributed by atoms with Crippen LogP contribution in [-0.2, 0) is 23.1 Å². The summed E-state index contributed by atoms with van der Waals surface area (Å²) >= 11 is 0. The number of hydrogen-bond acceptors (Lipinski definition) is 7. The molecule has 1 aromatic heterocycles. The van der Waals surface area contributed by atoms with Gasteiger partial charge in [-0.05, 0) is 32.9 Å². The highest BCUT2D eigenvalue weighted by Crippen LogP contribution is 2.56. The minimum absolute atomic E-state index is 0.137. The second-order valence-electron chi connectivity index (χ2n) is 3.94. The largest absolute Gasteiger partial charge is 0.462 e. The molecule has 0 atom stereocenters. The van der Waals surface area contributed by atoms with Gasteiger partial charge in [-0.2, -0.15) is 0 Å². The van der Waals surface area contributed by atoms with E-state index >= 15 is 0 Å². The van der Waals surface area contributed by atoms with Crippen molar-refractivity contribution in [3.63, 3.8) is 0 Å². The van der Waals surface area contributed by atoms with E-state index < -0.39 is 13.6 Å². The van der Waals surface area contributed by atoms with Crippen LogP contribution in [0.1, 0.15) is 20.8 Å². The van der Waals surface area contributed by atoms with Gasteiger partial charge >= 0.3 is 13.6 Å². The van der Waals surface area contributed by atoms with E-state index in [2.05, 4.69) is 10.3 Å². The number of anilines is 1. The highest BCUT2D eigenvalue weighted by atomic mass is 31.2. The summed E-state index contributed by atoms with van der Waals surface area (Å²) in [6.07, 6.45) is 2.84. The van der Waals surface area contributed by atoms with E-state index in [9.17, 15) is 9.36 Å². The van der Waals surface area contributed by atoms with Crippen LogP contribution in [0.5, 0.6) is 0 Å². The zero-order chi connectivity index (χ0) is 16.4. The first-order valence-electron chi connectivity index (χ1n) is 7.01. The van der Waals surface area contributed by atoms with E-state index in [-0.39, 0.29) is 25.1 Å². The lowest BCUT2D eigenvalue weighted by atomic mass is 10.4. The molecule has 0 amide bonds. The number of carbonyl (C=O) groups is 1. The van der Waals surface area contributed by atoms with Crippen molar-refractivity contribution >= 4 is 19.4 Å². The Kier molecular flexibility index (Phi) is 7.80. The van der Waals surface area contributed by atoms with Crippen LogP contribution >= 0.6 is 7.60 Å². The fourth-order valence-electron chi connectivity index (χ4n) is 1.56. The number of carbonyl (C=O) groups excluding carboxylic acids is 1. The van der Waals surface area contributed by atoms with E-state index in [1.165, 1.54) is 6.20 Å². The van der Waals surface area contributed by atoms with E-state index in [1.807, 2.05) is 0 Å². The summed E-state index contributed by atoms with van der Waals surface area (Å²) in [7, 11) is -3.76. The molecule has 1 rings (SSSR count). The van der Waals surface area contributed by atoms with Crippen molar-refractivity contribution in [3.8, 4) is 0 Å². The summed E-state index contributed by atoms with van der Waals surface area (Å²) in [6.45, 7) is 5.42. The summed E-state index contributed by atoms with van der Waals surface area (Å²) in [5.41, 5.74) is 0. The first-order chi connectivity index (χ1) is 10.6. The molecule has 122 valence electrons. The van der Waals surface area contributed by atoms with Gasteiger partial charge in [0.2, 0.25) is 0 Å². The average Bonchev–Trinajstić information content (AvgIpc) is 2.49. The zero-order valence-electron chi connectivity index (χ0n) is 12.9. The molecule has 7 nitrogen and oxygen atoms in total. The van der Waals surface area contributed by atoms with E-state index in [0.717, 1.165) is 0 Å². The molecule has 0 aromatic carbocycles. The van der Waals surface area contributed by atoms with Gasteiger partial charge in [-0.25, -0.2) is 9.78 Å². The third kappa shape index (κ3) is 5.26. The molecular weight excluding hydrogens is 307 g/mol. The third-order valence-electron chi connectivity index (χ3n) is 2.40. The highest BCUT2D eigenvalue weighted by Gasteiger charge is 2.36. The van der Waals surface area contributed by atoms with Crippen molar-refractivity contribution in [2.75, 3.05) is 25.1 Å². The number of esters is 1. The van der Waals surface area contributed by atoms with Gasteiger partial charge in [0.25, 0.3) is 0 Å². The molecule has 22 heavy (non-hydrogen) atoms. The molecule has 0 aliphatic rings. The lowest BCUT2D eigenvalue weighted by molar-refractivity contribution is -0.137. The minimum Gasteiger partial charge on any atom is -0.462 e. The first kappa shape index (κ1) is 18.4. The maximum absolute atomic E-state index is 12.8. The Morgan fingerprint density at radius 3 is 2.41 bits per heavy atom. The molecule has 1 heterocycles. The number of hydrogen-bond donors (Lipinski definition) is 1. The molecule has 0 radical (unpaired) electrons. The average molecular weight is 328 g/mol. The predicted octanol–water partition coefficient (Wildman–Crippen LogP) is 3.16. The zero-order valence-corrected chi connectivity index (χ0v) is 13.8. The van der Waals surface area contributed by atoms with E-state index in [1.54, 1.807) is 45.2 Å². The Balaban J connectivity index is 3.10. The van der Waals surface area contributed by atoms with Crippen molar-refractivity contribution < 1.29 is 23.1 Å². The van der Waals surface area contributed by atoms with Gasteiger partial charge < -0.3 is 19.1 Å². The van der Waals surface area contributed by atoms with Crippen molar-refractivity contribution in [2.45, 2.75) is 20.8 Å². The van der Waals surface area contributed by atoms with Crippen LogP contribution in [0.4, 0.5) is 5.82 Å². The maximum atomic E-state index is 12.8. The van der Waals surface area contributed by atoms with Gasteiger partial charge in [-0.1, -0.05) is 6.07 Å². The summed E-state index contributed by atoms with van der Waals surface area (Å²) in [4.78, 5) is 16.1. The standard InChI is InChI=1S/C14H21N2O5P/c1-4-19-14(17)12(22(18,20-5-2)21-6-3)11-16-13-9-7-8-10-15-13/h7-11H,4-6H2,1-3H3,(H,15,16)/b12-11+. The Bertz CT molecular complexity index is 537. The molecule has 0 unspecified atom stereocenters. The van der Waals surface area contributed by atoms with Crippen molar-refractivity contribution in [2.24, 2.45) is 0 Å². The number of rotatable bonds is 9. The molecule has 0 spiro atoms. The molecule has 0 saturated heterocycles.